The van der Waals surface area contributed by atoms with Crippen LogP contribution in [-0.4, -0.2) is 27.2 Å². The predicted octanol–water partition coefficient (Wildman–Crippen LogP) is 2.06. The van der Waals surface area contributed by atoms with Gasteiger partial charge in [0, 0.05) is 11.1 Å². The van der Waals surface area contributed by atoms with Gasteiger partial charge in [0.15, 0.2) is 11.5 Å². The minimum atomic E-state index is -0.584. The lowest BCUT2D eigenvalue weighted by Gasteiger charge is -2.17. The van der Waals surface area contributed by atoms with Crippen LogP contribution in [0.2, 0.25) is 0 Å². The minimum absolute atomic E-state index is 0.259. The summed E-state index contributed by atoms with van der Waals surface area (Å²) in [7, 11) is 4.58. The van der Waals surface area contributed by atoms with E-state index >= 15 is 0 Å². The number of primary amides is 1. The molecule has 0 radical (unpaired) electrons. The van der Waals surface area contributed by atoms with Crippen LogP contribution >= 0.6 is 0 Å². The smallest absolute Gasteiger partial charge is 0.250 e. The van der Waals surface area contributed by atoms with E-state index in [0.29, 0.717) is 34.1 Å². The van der Waals surface area contributed by atoms with Crippen molar-refractivity contribution in [1.29, 1.82) is 0 Å². The Morgan fingerprint density at radius 1 is 0.909 bits per heavy atom. The van der Waals surface area contributed by atoms with E-state index in [-0.39, 0.29) is 5.56 Å². The van der Waals surface area contributed by atoms with E-state index in [1.165, 1.54) is 14.2 Å². The number of benzene rings is 2. The lowest BCUT2D eigenvalue weighted by atomic mass is 9.98. The third-order valence-corrected chi connectivity index (χ3v) is 3.37. The zero-order chi connectivity index (χ0) is 16.3. The highest BCUT2D eigenvalue weighted by molar-refractivity contribution is 6.02. The molecule has 2 aromatic rings. The van der Waals surface area contributed by atoms with Crippen LogP contribution in [0.25, 0.3) is 11.1 Å². The van der Waals surface area contributed by atoms with Crippen molar-refractivity contribution in [3.8, 4) is 28.4 Å². The maximum Gasteiger partial charge on any atom is 0.250 e. The maximum absolute atomic E-state index is 11.4. The number of ether oxygens (including phenoxy) is 3. The number of amides is 1. The number of anilines is 1. The Morgan fingerprint density at radius 2 is 1.59 bits per heavy atom. The molecule has 0 saturated heterocycles. The van der Waals surface area contributed by atoms with Crippen LogP contribution < -0.4 is 25.7 Å². The first-order chi connectivity index (χ1) is 10.5. The molecule has 0 saturated carbocycles. The number of rotatable bonds is 5. The third kappa shape index (κ3) is 2.50. The van der Waals surface area contributed by atoms with Gasteiger partial charge in [-0.1, -0.05) is 12.1 Å². The summed E-state index contributed by atoms with van der Waals surface area (Å²) in [6.45, 7) is 0. The summed E-state index contributed by atoms with van der Waals surface area (Å²) in [5.74, 6) is 0.869. The Labute approximate surface area is 128 Å². The molecule has 0 bridgehead atoms. The van der Waals surface area contributed by atoms with Gasteiger partial charge in [-0.2, -0.15) is 0 Å². The van der Waals surface area contributed by atoms with Gasteiger partial charge >= 0.3 is 0 Å². The molecule has 6 heteroatoms. The molecule has 0 atom stereocenters. The average Bonchev–Trinajstić information content (AvgIpc) is 2.53. The summed E-state index contributed by atoms with van der Waals surface area (Å²) < 4.78 is 16.0. The first kappa shape index (κ1) is 15.5. The van der Waals surface area contributed by atoms with E-state index in [4.69, 9.17) is 25.7 Å². The Morgan fingerprint density at radius 3 is 2.14 bits per heavy atom. The van der Waals surface area contributed by atoms with Crippen molar-refractivity contribution in [2.45, 2.75) is 0 Å². The SMILES string of the molecule is COc1ccc(-c2cccc(C(N)=O)c2N)c(OC)c1OC. The zero-order valence-electron chi connectivity index (χ0n) is 12.7. The second-order valence-electron chi connectivity index (χ2n) is 4.51. The van der Waals surface area contributed by atoms with E-state index < -0.39 is 5.91 Å². The first-order valence-corrected chi connectivity index (χ1v) is 6.52. The largest absolute Gasteiger partial charge is 0.493 e. The molecule has 0 fully saturated rings. The molecule has 6 nitrogen and oxygen atoms in total. The van der Waals surface area contributed by atoms with E-state index in [9.17, 15) is 4.79 Å². The second-order valence-corrected chi connectivity index (χ2v) is 4.51. The number of hydrogen-bond donors (Lipinski definition) is 2. The molecule has 0 heterocycles. The van der Waals surface area contributed by atoms with Gasteiger partial charge in [-0.15, -0.1) is 0 Å². The van der Waals surface area contributed by atoms with Crippen LogP contribution in [0.5, 0.6) is 17.2 Å². The molecule has 2 rings (SSSR count). The van der Waals surface area contributed by atoms with Gasteiger partial charge in [0.05, 0.1) is 32.6 Å². The summed E-state index contributed by atoms with van der Waals surface area (Å²) in [4.78, 5) is 11.4. The summed E-state index contributed by atoms with van der Waals surface area (Å²) in [6.07, 6.45) is 0. The highest BCUT2D eigenvalue weighted by Gasteiger charge is 2.20. The van der Waals surface area contributed by atoms with Gasteiger partial charge in [0.2, 0.25) is 5.75 Å². The fourth-order valence-electron chi connectivity index (χ4n) is 2.33. The van der Waals surface area contributed by atoms with E-state index in [1.807, 2.05) is 0 Å². The molecule has 0 spiro atoms. The lowest BCUT2D eigenvalue weighted by Crippen LogP contribution is -2.14. The van der Waals surface area contributed by atoms with Crippen LogP contribution in [0, 0.1) is 0 Å². The first-order valence-electron chi connectivity index (χ1n) is 6.52. The Hall–Kier alpha value is -2.89. The van der Waals surface area contributed by atoms with Crippen molar-refractivity contribution in [2.24, 2.45) is 5.73 Å². The summed E-state index contributed by atoms with van der Waals surface area (Å²) >= 11 is 0. The molecule has 4 N–H and O–H groups in total. The molecule has 22 heavy (non-hydrogen) atoms. The van der Waals surface area contributed by atoms with Crippen molar-refractivity contribution >= 4 is 11.6 Å². The molecule has 116 valence electrons. The van der Waals surface area contributed by atoms with Crippen molar-refractivity contribution < 1.29 is 19.0 Å². The molecule has 0 aliphatic carbocycles. The Kier molecular flexibility index (Phi) is 4.41. The van der Waals surface area contributed by atoms with Gasteiger partial charge in [0.25, 0.3) is 5.91 Å². The van der Waals surface area contributed by atoms with E-state index in [2.05, 4.69) is 0 Å². The van der Waals surface area contributed by atoms with Crippen molar-refractivity contribution in [1.82, 2.24) is 0 Å². The molecule has 1 amide bonds. The number of nitrogen functional groups attached to an aromatic ring is 1. The molecule has 0 aliphatic rings. The van der Waals surface area contributed by atoms with Crippen LogP contribution in [0.15, 0.2) is 30.3 Å². The fourth-order valence-corrected chi connectivity index (χ4v) is 2.33. The molecule has 2 aromatic carbocycles. The van der Waals surface area contributed by atoms with E-state index in [1.54, 1.807) is 37.4 Å². The van der Waals surface area contributed by atoms with Crippen molar-refractivity contribution in [3.05, 3.63) is 35.9 Å². The number of methoxy groups -OCH3 is 3. The van der Waals surface area contributed by atoms with Crippen molar-refractivity contribution in [2.75, 3.05) is 27.1 Å². The normalized spacial score (nSPS) is 10.1. The second kappa shape index (κ2) is 6.26. The summed E-state index contributed by atoms with van der Waals surface area (Å²) in [5, 5.41) is 0. The number of carbonyl (C=O) groups is 1. The highest BCUT2D eigenvalue weighted by atomic mass is 16.5. The lowest BCUT2D eigenvalue weighted by molar-refractivity contribution is 0.100. The maximum atomic E-state index is 11.4. The van der Waals surface area contributed by atoms with Gasteiger partial charge < -0.3 is 25.7 Å². The third-order valence-electron chi connectivity index (χ3n) is 3.37. The fraction of sp³-hybridized carbons (Fsp3) is 0.188. The topological polar surface area (TPSA) is 96.8 Å². The molecule has 0 aromatic heterocycles. The number of nitrogens with two attached hydrogens (primary N) is 2. The van der Waals surface area contributed by atoms with Crippen LogP contribution in [0.1, 0.15) is 10.4 Å². The predicted molar refractivity (Wildman–Crippen MR) is 84.5 cm³/mol. The van der Waals surface area contributed by atoms with Crippen molar-refractivity contribution in [3.63, 3.8) is 0 Å². The zero-order valence-corrected chi connectivity index (χ0v) is 12.7. The monoisotopic (exact) mass is 302 g/mol. The van der Waals surface area contributed by atoms with Gasteiger partial charge in [0.1, 0.15) is 0 Å². The molecular weight excluding hydrogens is 284 g/mol. The van der Waals surface area contributed by atoms with Gasteiger partial charge in [-0.3, -0.25) is 4.79 Å². The van der Waals surface area contributed by atoms with Gasteiger partial charge in [-0.05, 0) is 18.2 Å². The van der Waals surface area contributed by atoms with Crippen LogP contribution in [0.3, 0.4) is 0 Å². The quantitative estimate of drug-likeness (QED) is 0.824. The summed E-state index contributed by atoms with van der Waals surface area (Å²) in [6, 6.07) is 8.60. The van der Waals surface area contributed by atoms with E-state index in [0.717, 1.165) is 0 Å². The highest BCUT2D eigenvalue weighted by Crippen LogP contribution is 2.45. The molecule has 0 aliphatic heterocycles. The Bertz CT molecular complexity index is 714. The molecular formula is C16H18N2O4. The average molecular weight is 302 g/mol. The van der Waals surface area contributed by atoms with Gasteiger partial charge in [-0.25, -0.2) is 0 Å². The standard InChI is InChI=1S/C16H18N2O4/c1-20-12-8-7-10(14(21-2)15(12)22-3)9-5-4-6-11(13(9)17)16(18)19/h4-8H,17H2,1-3H3,(H2,18,19). The minimum Gasteiger partial charge on any atom is -0.493 e. The molecule has 0 unspecified atom stereocenters. The number of carbonyl (C=O) groups excluding carboxylic acids is 1. The van der Waals surface area contributed by atoms with Crippen LogP contribution in [0.4, 0.5) is 5.69 Å². The number of para-hydroxylation sites is 1. The Balaban J connectivity index is 2.73. The van der Waals surface area contributed by atoms with Crippen LogP contribution in [-0.2, 0) is 0 Å². The number of hydrogen-bond acceptors (Lipinski definition) is 5. The summed E-state index contributed by atoms with van der Waals surface area (Å²) in [5.41, 5.74) is 13.3.